The molecule has 1 atom stereocenters. The third kappa shape index (κ3) is 6.30. The lowest BCUT2D eigenvalue weighted by Crippen LogP contribution is -2.51. The Hall–Kier alpha value is -1.44. The highest BCUT2D eigenvalue weighted by atomic mass is 35.5. The summed E-state index contributed by atoms with van der Waals surface area (Å²) in [5.74, 6) is 0.504. The molecular formula is C17H20Cl4N4O2. The molecule has 1 saturated heterocycles. The number of hydrogen-bond donors (Lipinski definition) is 2. The molecule has 3 rings (SSSR count). The van der Waals surface area contributed by atoms with Crippen LogP contribution in [0.1, 0.15) is 11.8 Å². The highest BCUT2D eigenvalue weighted by Gasteiger charge is 2.25. The maximum atomic E-state index is 12.6. The summed E-state index contributed by atoms with van der Waals surface area (Å²) >= 11 is 12.6. The van der Waals surface area contributed by atoms with Crippen LogP contribution in [0.25, 0.3) is 0 Å². The lowest BCUT2D eigenvalue weighted by Gasteiger charge is -2.30. The lowest BCUT2D eigenvalue weighted by atomic mass is 10.2. The number of nitrogens with zero attached hydrogens (tertiary/aromatic N) is 2. The maximum absolute atomic E-state index is 12.6. The molecule has 1 aromatic heterocycles. The topological polar surface area (TPSA) is 66.5 Å². The van der Waals surface area contributed by atoms with E-state index in [1.54, 1.807) is 47.6 Å². The van der Waals surface area contributed by atoms with E-state index in [2.05, 4.69) is 15.6 Å². The second-order valence-corrected chi connectivity index (χ2v) is 6.32. The number of ether oxygens (including phenoxy) is 1. The molecule has 2 heterocycles. The van der Waals surface area contributed by atoms with Crippen molar-refractivity contribution in [3.63, 3.8) is 0 Å². The Balaban J connectivity index is 0.00000182. The van der Waals surface area contributed by atoms with Gasteiger partial charge >= 0.3 is 6.03 Å². The highest BCUT2D eigenvalue weighted by Crippen LogP contribution is 2.32. The number of piperazine rings is 1. The van der Waals surface area contributed by atoms with Gasteiger partial charge in [-0.05, 0) is 24.3 Å². The summed E-state index contributed by atoms with van der Waals surface area (Å²) in [6.07, 6.45) is 2.38. The quantitative estimate of drug-likeness (QED) is 0.688. The SMILES string of the molecule is Cl.Cl.O=C(NC(Oc1cccnc1)c1c(Cl)cccc1Cl)N1CCNCC1. The van der Waals surface area contributed by atoms with Crippen LogP contribution < -0.4 is 15.4 Å². The smallest absolute Gasteiger partial charge is 0.320 e. The van der Waals surface area contributed by atoms with Gasteiger partial charge in [0.05, 0.1) is 21.8 Å². The first-order chi connectivity index (χ1) is 12.1. The number of nitrogens with one attached hydrogen (secondary N) is 2. The van der Waals surface area contributed by atoms with E-state index in [-0.39, 0.29) is 30.8 Å². The summed E-state index contributed by atoms with van der Waals surface area (Å²) in [6, 6.07) is 8.43. The van der Waals surface area contributed by atoms with Crippen molar-refractivity contribution in [1.82, 2.24) is 20.5 Å². The third-order valence-electron chi connectivity index (χ3n) is 3.81. The average Bonchev–Trinajstić information content (AvgIpc) is 2.63. The van der Waals surface area contributed by atoms with Gasteiger partial charge in [0.15, 0.2) is 0 Å². The number of rotatable bonds is 4. The predicted molar refractivity (Wildman–Crippen MR) is 112 cm³/mol. The second kappa shape index (κ2) is 11.4. The van der Waals surface area contributed by atoms with Gasteiger partial charge in [-0.15, -0.1) is 24.8 Å². The molecule has 10 heteroatoms. The Morgan fingerprint density at radius 1 is 1.15 bits per heavy atom. The highest BCUT2D eigenvalue weighted by molar-refractivity contribution is 6.36. The fraction of sp³-hybridized carbons (Fsp3) is 0.294. The molecular weight excluding hydrogens is 434 g/mol. The Bertz CT molecular complexity index is 710. The number of pyridine rings is 1. The number of aromatic nitrogens is 1. The molecule has 2 amide bonds. The van der Waals surface area contributed by atoms with Gasteiger partial charge in [0, 0.05) is 32.4 Å². The fourth-order valence-corrected chi connectivity index (χ4v) is 3.14. The van der Waals surface area contributed by atoms with Crippen LogP contribution in [0, 0.1) is 0 Å². The van der Waals surface area contributed by atoms with E-state index < -0.39 is 6.23 Å². The number of carbonyl (C=O) groups is 1. The molecule has 27 heavy (non-hydrogen) atoms. The summed E-state index contributed by atoms with van der Waals surface area (Å²) in [4.78, 5) is 18.3. The normalized spacial score (nSPS) is 14.4. The Kier molecular flexibility index (Phi) is 9.98. The number of urea groups is 1. The van der Waals surface area contributed by atoms with Gasteiger partial charge in [0.25, 0.3) is 0 Å². The number of hydrogen-bond acceptors (Lipinski definition) is 4. The molecule has 6 nitrogen and oxygen atoms in total. The van der Waals surface area contributed by atoms with Gasteiger partial charge in [-0.1, -0.05) is 29.3 Å². The minimum atomic E-state index is -0.826. The van der Waals surface area contributed by atoms with E-state index in [0.29, 0.717) is 34.4 Å². The van der Waals surface area contributed by atoms with E-state index in [4.69, 9.17) is 27.9 Å². The Morgan fingerprint density at radius 3 is 2.41 bits per heavy atom. The summed E-state index contributed by atoms with van der Waals surface area (Å²) in [7, 11) is 0. The third-order valence-corrected chi connectivity index (χ3v) is 4.47. The molecule has 2 N–H and O–H groups in total. The van der Waals surface area contributed by atoms with E-state index in [0.717, 1.165) is 13.1 Å². The van der Waals surface area contributed by atoms with E-state index in [1.165, 1.54) is 0 Å². The van der Waals surface area contributed by atoms with Crippen LogP contribution >= 0.6 is 48.0 Å². The van der Waals surface area contributed by atoms with Crippen molar-refractivity contribution in [2.45, 2.75) is 6.23 Å². The zero-order valence-electron chi connectivity index (χ0n) is 14.2. The first kappa shape index (κ1) is 23.6. The number of halogens is 4. The van der Waals surface area contributed by atoms with Crippen LogP contribution in [0.15, 0.2) is 42.7 Å². The van der Waals surface area contributed by atoms with Crippen molar-refractivity contribution in [1.29, 1.82) is 0 Å². The van der Waals surface area contributed by atoms with Crippen LogP contribution in [0.5, 0.6) is 5.75 Å². The molecule has 1 fully saturated rings. The molecule has 0 spiro atoms. The van der Waals surface area contributed by atoms with Crippen molar-refractivity contribution >= 4 is 54.0 Å². The summed E-state index contributed by atoms with van der Waals surface area (Å²) in [5, 5.41) is 6.92. The standard InChI is InChI=1S/C17H18Cl2N4O2.2ClH/c18-13-4-1-5-14(19)15(13)16(25-12-3-2-6-21-11-12)22-17(24)23-9-7-20-8-10-23;;/h1-6,11,16,20H,7-10H2,(H,22,24);2*1H. The molecule has 0 aliphatic carbocycles. The van der Waals surface area contributed by atoms with Gasteiger partial charge in [-0.3, -0.25) is 10.3 Å². The first-order valence-corrected chi connectivity index (χ1v) is 8.67. The molecule has 1 aliphatic heterocycles. The van der Waals surface area contributed by atoms with Crippen LogP contribution in [-0.2, 0) is 0 Å². The zero-order chi connectivity index (χ0) is 17.6. The zero-order valence-corrected chi connectivity index (χ0v) is 17.4. The molecule has 2 aromatic rings. The molecule has 0 saturated carbocycles. The lowest BCUT2D eigenvalue weighted by molar-refractivity contribution is 0.140. The summed E-state index contributed by atoms with van der Waals surface area (Å²) in [6.45, 7) is 2.77. The monoisotopic (exact) mass is 452 g/mol. The average molecular weight is 454 g/mol. The van der Waals surface area contributed by atoms with Crippen LogP contribution in [0.3, 0.4) is 0 Å². The van der Waals surface area contributed by atoms with E-state index in [1.807, 2.05) is 0 Å². The summed E-state index contributed by atoms with van der Waals surface area (Å²) in [5.41, 5.74) is 0.512. The maximum Gasteiger partial charge on any atom is 0.320 e. The number of benzene rings is 1. The van der Waals surface area contributed by atoms with Gasteiger partial charge in [0.2, 0.25) is 6.23 Å². The minimum absolute atomic E-state index is 0. The minimum Gasteiger partial charge on any atom is -0.465 e. The van der Waals surface area contributed by atoms with E-state index in [9.17, 15) is 4.79 Å². The number of carbonyl (C=O) groups excluding carboxylic acids is 1. The van der Waals surface area contributed by atoms with Gasteiger partial charge in [0.1, 0.15) is 5.75 Å². The summed E-state index contributed by atoms with van der Waals surface area (Å²) < 4.78 is 5.92. The Morgan fingerprint density at radius 2 is 1.81 bits per heavy atom. The Labute approximate surface area is 180 Å². The van der Waals surface area contributed by atoms with Gasteiger partial charge in [-0.25, -0.2) is 4.79 Å². The molecule has 148 valence electrons. The predicted octanol–water partition coefficient (Wildman–Crippen LogP) is 3.92. The fourth-order valence-electron chi connectivity index (χ4n) is 2.55. The first-order valence-electron chi connectivity index (χ1n) is 7.92. The van der Waals surface area contributed by atoms with Gasteiger partial charge in [-0.2, -0.15) is 0 Å². The van der Waals surface area contributed by atoms with Crippen LogP contribution in [0.4, 0.5) is 4.79 Å². The van der Waals surface area contributed by atoms with E-state index >= 15 is 0 Å². The van der Waals surface area contributed by atoms with Crippen molar-refractivity contribution in [2.24, 2.45) is 0 Å². The van der Waals surface area contributed by atoms with Crippen molar-refractivity contribution < 1.29 is 9.53 Å². The van der Waals surface area contributed by atoms with Crippen LogP contribution in [0.2, 0.25) is 10.0 Å². The van der Waals surface area contributed by atoms with Crippen LogP contribution in [-0.4, -0.2) is 42.1 Å². The largest absolute Gasteiger partial charge is 0.465 e. The van der Waals surface area contributed by atoms with Crippen molar-refractivity contribution in [3.05, 3.63) is 58.3 Å². The molecule has 0 bridgehead atoms. The molecule has 0 radical (unpaired) electrons. The van der Waals surface area contributed by atoms with Crippen molar-refractivity contribution in [3.8, 4) is 5.75 Å². The number of amides is 2. The molecule has 1 aromatic carbocycles. The second-order valence-electron chi connectivity index (χ2n) is 5.51. The molecule has 1 aliphatic rings. The van der Waals surface area contributed by atoms with Gasteiger partial charge < -0.3 is 15.0 Å². The van der Waals surface area contributed by atoms with Crippen molar-refractivity contribution in [2.75, 3.05) is 26.2 Å². The molecule has 1 unspecified atom stereocenters.